The highest BCUT2D eigenvalue weighted by Crippen LogP contribution is 2.62. The van der Waals surface area contributed by atoms with Crippen LogP contribution >= 0.6 is 0 Å². The lowest BCUT2D eigenvalue weighted by atomic mass is 9.62. The van der Waals surface area contributed by atoms with Crippen LogP contribution in [0.15, 0.2) is 115 Å². The zero-order valence-corrected chi connectivity index (χ0v) is 20.5. The predicted octanol–water partition coefficient (Wildman–Crippen LogP) is 5.67. The standard InChI is InChI=1S/C33H24N2O3/c36-29(22-12-3-1-4-13-22)27-28(30(37)23-14-5-2-6-15-23)35-20-19-21-11-7-8-16-24(21)31(35)33(27)25-17-9-10-18-26(25)34-32(33)38/h1-20,27-28,31H,(H,34,38)/t27-,28-,31-,33-/m1/s1. The molecule has 184 valence electrons. The van der Waals surface area contributed by atoms with Crippen LogP contribution in [0.4, 0.5) is 5.69 Å². The van der Waals surface area contributed by atoms with Crippen molar-refractivity contribution >= 4 is 29.2 Å². The van der Waals surface area contributed by atoms with Crippen LogP contribution in [0, 0.1) is 5.92 Å². The van der Waals surface area contributed by atoms with Crippen molar-refractivity contribution in [2.45, 2.75) is 17.5 Å². The topological polar surface area (TPSA) is 66.5 Å². The van der Waals surface area contributed by atoms with Crippen LogP contribution in [-0.4, -0.2) is 28.4 Å². The molecule has 1 saturated heterocycles. The molecule has 1 spiro atoms. The van der Waals surface area contributed by atoms with Crippen molar-refractivity contribution in [3.8, 4) is 0 Å². The van der Waals surface area contributed by atoms with Gasteiger partial charge in [-0.1, -0.05) is 103 Å². The van der Waals surface area contributed by atoms with Gasteiger partial charge in [-0.3, -0.25) is 14.4 Å². The van der Waals surface area contributed by atoms with Crippen LogP contribution in [0.2, 0.25) is 0 Å². The van der Waals surface area contributed by atoms with Gasteiger partial charge in [0.1, 0.15) is 11.5 Å². The van der Waals surface area contributed by atoms with Gasteiger partial charge < -0.3 is 10.2 Å². The second kappa shape index (κ2) is 8.38. The smallest absolute Gasteiger partial charge is 0.238 e. The molecule has 0 bridgehead atoms. The minimum absolute atomic E-state index is 0.178. The number of ketones is 2. The number of carbonyl (C=O) groups is 3. The minimum Gasteiger partial charge on any atom is -0.358 e. The molecule has 0 radical (unpaired) electrons. The number of rotatable bonds is 4. The van der Waals surface area contributed by atoms with E-state index in [1.807, 2.05) is 102 Å². The number of hydrogen-bond donors (Lipinski definition) is 1. The number of anilines is 1. The average molecular weight is 497 g/mol. The van der Waals surface area contributed by atoms with Crippen LogP contribution in [-0.2, 0) is 10.2 Å². The summed E-state index contributed by atoms with van der Waals surface area (Å²) < 4.78 is 0. The highest BCUT2D eigenvalue weighted by atomic mass is 16.2. The Morgan fingerprint density at radius 3 is 2.05 bits per heavy atom. The summed E-state index contributed by atoms with van der Waals surface area (Å²) in [5, 5.41) is 3.08. The van der Waals surface area contributed by atoms with E-state index in [0.29, 0.717) is 16.8 Å². The Labute approximate surface area is 220 Å². The van der Waals surface area contributed by atoms with Gasteiger partial charge in [-0.05, 0) is 28.8 Å². The van der Waals surface area contributed by atoms with Crippen LogP contribution in [0.25, 0.3) is 6.08 Å². The van der Waals surface area contributed by atoms with Crippen molar-refractivity contribution in [3.63, 3.8) is 0 Å². The van der Waals surface area contributed by atoms with Crippen molar-refractivity contribution in [2.75, 3.05) is 5.32 Å². The van der Waals surface area contributed by atoms with Crippen LogP contribution < -0.4 is 5.32 Å². The summed E-state index contributed by atoms with van der Waals surface area (Å²) in [4.78, 5) is 45.2. The number of fused-ring (bicyclic) bond motifs is 6. The van der Waals surface area contributed by atoms with Crippen LogP contribution in [0.5, 0.6) is 0 Å². The first-order valence-electron chi connectivity index (χ1n) is 12.8. The van der Waals surface area contributed by atoms with Crippen LogP contribution in [0.1, 0.15) is 43.4 Å². The molecular formula is C33H24N2O3. The van der Waals surface area contributed by atoms with Crippen molar-refractivity contribution in [3.05, 3.63) is 143 Å². The lowest BCUT2D eigenvalue weighted by Gasteiger charge is -2.38. The molecule has 5 heteroatoms. The third-order valence-electron chi connectivity index (χ3n) is 8.24. The molecule has 1 fully saturated rings. The fourth-order valence-electron chi connectivity index (χ4n) is 6.72. The van der Waals surface area contributed by atoms with E-state index >= 15 is 0 Å². The average Bonchev–Trinajstić information content (AvgIpc) is 3.45. The monoisotopic (exact) mass is 496 g/mol. The molecule has 3 aliphatic rings. The third kappa shape index (κ3) is 2.96. The van der Waals surface area contributed by atoms with Crippen molar-refractivity contribution in [1.29, 1.82) is 0 Å². The van der Waals surface area contributed by atoms with Gasteiger partial charge in [0.2, 0.25) is 5.91 Å². The van der Waals surface area contributed by atoms with Gasteiger partial charge in [0.05, 0.1) is 12.0 Å². The van der Waals surface area contributed by atoms with E-state index in [-0.39, 0.29) is 17.5 Å². The number of hydrogen-bond acceptors (Lipinski definition) is 4. The molecule has 3 heterocycles. The maximum absolute atomic E-state index is 14.6. The SMILES string of the molecule is O=C(c1ccccc1)[C@H]1[C@H](C(=O)c2ccccc2)[C@@]2(C(=O)Nc3ccccc32)[C@H]2c3ccccc3C=CN12. The molecule has 7 rings (SSSR count). The van der Waals surface area contributed by atoms with Gasteiger partial charge in [0.25, 0.3) is 0 Å². The minimum atomic E-state index is -1.31. The van der Waals surface area contributed by atoms with Gasteiger partial charge >= 0.3 is 0 Å². The van der Waals surface area contributed by atoms with Gasteiger partial charge in [0.15, 0.2) is 11.6 Å². The molecule has 0 aliphatic carbocycles. The number of Topliss-reactive ketones (excluding diaryl/α,β-unsaturated/α-hetero) is 2. The summed E-state index contributed by atoms with van der Waals surface area (Å²) in [6.45, 7) is 0. The fourth-order valence-corrected chi connectivity index (χ4v) is 6.72. The molecule has 0 saturated carbocycles. The summed E-state index contributed by atoms with van der Waals surface area (Å²) >= 11 is 0. The Bertz CT molecular complexity index is 1630. The maximum atomic E-state index is 14.6. The first kappa shape index (κ1) is 22.4. The molecule has 38 heavy (non-hydrogen) atoms. The number of para-hydroxylation sites is 1. The van der Waals surface area contributed by atoms with Crippen molar-refractivity contribution < 1.29 is 14.4 Å². The predicted molar refractivity (Wildman–Crippen MR) is 146 cm³/mol. The largest absolute Gasteiger partial charge is 0.358 e. The first-order valence-corrected chi connectivity index (χ1v) is 12.8. The van der Waals surface area contributed by atoms with E-state index in [1.54, 1.807) is 24.3 Å². The second-order valence-electron chi connectivity index (χ2n) is 10.0. The molecule has 4 aromatic rings. The van der Waals surface area contributed by atoms with Gasteiger partial charge in [-0.15, -0.1) is 0 Å². The molecule has 0 aromatic heterocycles. The number of benzene rings is 4. The van der Waals surface area contributed by atoms with Gasteiger partial charge in [0, 0.05) is 23.0 Å². The lowest BCUT2D eigenvalue weighted by Crippen LogP contribution is -2.49. The van der Waals surface area contributed by atoms with E-state index in [4.69, 9.17) is 0 Å². The Morgan fingerprint density at radius 1 is 0.711 bits per heavy atom. The Morgan fingerprint density at radius 2 is 1.32 bits per heavy atom. The van der Waals surface area contributed by atoms with E-state index in [2.05, 4.69) is 5.32 Å². The van der Waals surface area contributed by atoms with Gasteiger partial charge in [-0.25, -0.2) is 0 Å². The normalized spacial score (nSPS) is 24.5. The highest BCUT2D eigenvalue weighted by Gasteiger charge is 2.70. The highest BCUT2D eigenvalue weighted by molar-refractivity contribution is 6.16. The number of amides is 1. The zero-order chi connectivity index (χ0) is 25.9. The lowest BCUT2D eigenvalue weighted by molar-refractivity contribution is -0.122. The molecular weight excluding hydrogens is 472 g/mol. The quantitative estimate of drug-likeness (QED) is 0.370. The Balaban J connectivity index is 1.55. The zero-order valence-electron chi connectivity index (χ0n) is 20.5. The summed E-state index contributed by atoms with van der Waals surface area (Å²) in [7, 11) is 0. The van der Waals surface area contributed by atoms with E-state index in [0.717, 1.165) is 16.7 Å². The Kier molecular flexibility index (Phi) is 4.95. The molecule has 0 unspecified atom stereocenters. The summed E-state index contributed by atoms with van der Waals surface area (Å²) in [5.74, 6) is -1.60. The first-order chi connectivity index (χ1) is 18.6. The molecule has 4 aromatic carbocycles. The van der Waals surface area contributed by atoms with E-state index in [1.165, 1.54) is 0 Å². The van der Waals surface area contributed by atoms with E-state index < -0.39 is 23.4 Å². The molecule has 3 aliphatic heterocycles. The summed E-state index contributed by atoms with van der Waals surface area (Å²) in [6, 6.07) is 32.1. The third-order valence-corrected chi connectivity index (χ3v) is 8.24. The maximum Gasteiger partial charge on any atom is 0.238 e. The van der Waals surface area contributed by atoms with Crippen LogP contribution in [0.3, 0.4) is 0 Å². The van der Waals surface area contributed by atoms with E-state index in [9.17, 15) is 14.4 Å². The van der Waals surface area contributed by atoms with Crippen molar-refractivity contribution in [2.24, 2.45) is 5.92 Å². The van der Waals surface area contributed by atoms with Crippen molar-refractivity contribution in [1.82, 2.24) is 4.90 Å². The number of nitrogens with zero attached hydrogens (tertiary/aromatic N) is 1. The Hall–Kier alpha value is -4.77. The summed E-state index contributed by atoms with van der Waals surface area (Å²) in [5.41, 5.74) is 3.03. The molecule has 1 N–H and O–H groups in total. The fraction of sp³-hybridized carbons (Fsp3) is 0.121. The molecule has 5 nitrogen and oxygen atoms in total. The van der Waals surface area contributed by atoms with Gasteiger partial charge in [-0.2, -0.15) is 0 Å². The second-order valence-corrected chi connectivity index (χ2v) is 10.0. The molecule has 4 atom stereocenters. The number of nitrogens with one attached hydrogen (secondary N) is 1. The number of carbonyl (C=O) groups excluding carboxylic acids is 3. The molecule has 1 amide bonds. The summed E-state index contributed by atoms with van der Waals surface area (Å²) in [6.07, 6.45) is 3.87.